The molecule has 1 aromatic heterocycles. The highest BCUT2D eigenvalue weighted by molar-refractivity contribution is 9.11. The van der Waals surface area contributed by atoms with Crippen LogP contribution in [0.3, 0.4) is 0 Å². The fraction of sp³-hybridized carbons (Fsp3) is 0. The molecule has 4 heteroatoms. The third kappa shape index (κ3) is 1.11. The molecule has 2 rings (SSSR count). The highest BCUT2D eigenvalue weighted by Gasteiger charge is 2.04. The molecular formula is C8H3BrN2S. The van der Waals surface area contributed by atoms with Gasteiger partial charge in [0.15, 0.2) is 3.92 Å². The summed E-state index contributed by atoms with van der Waals surface area (Å²) in [5.41, 5.74) is 1.57. The zero-order chi connectivity index (χ0) is 8.55. The maximum absolute atomic E-state index is 8.76. The molecule has 0 aliphatic heterocycles. The van der Waals surface area contributed by atoms with Crippen LogP contribution >= 0.6 is 27.3 Å². The average molecular weight is 239 g/mol. The Morgan fingerprint density at radius 3 is 3.08 bits per heavy atom. The SMILES string of the molecule is N#Cc1cccc2nc(Br)sc12. The van der Waals surface area contributed by atoms with E-state index in [1.54, 1.807) is 6.07 Å². The van der Waals surface area contributed by atoms with Crippen LogP contribution in [0.25, 0.3) is 10.2 Å². The third-order valence-electron chi connectivity index (χ3n) is 1.51. The second-order valence-electron chi connectivity index (χ2n) is 2.23. The zero-order valence-corrected chi connectivity index (χ0v) is 8.32. The van der Waals surface area contributed by atoms with E-state index in [-0.39, 0.29) is 0 Å². The van der Waals surface area contributed by atoms with Crippen LogP contribution in [0.1, 0.15) is 5.56 Å². The molecule has 0 radical (unpaired) electrons. The number of thiazole rings is 1. The van der Waals surface area contributed by atoms with Crippen molar-refractivity contribution in [2.75, 3.05) is 0 Å². The monoisotopic (exact) mass is 238 g/mol. The fourth-order valence-corrected chi connectivity index (χ4v) is 2.44. The Bertz CT molecular complexity index is 469. The summed E-state index contributed by atoms with van der Waals surface area (Å²) in [5.74, 6) is 0. The molecule has 0 N–H and O–H groups in total. The molecule has 0 spiro atoms. The molecular weight excluding hydrogens is 236 g/mol. The summed E-state index contributed by atoms with van der Waals surface area (Å²) in [5, 5.41) is 8.76. The van der Waals surface area contributed by atoms with Gasteiger partial charge in [0, 0.05) is 0 Å². The van der Waals surface area contributed by atoms with Crippen LogP contribution in [0, 0.1) is 11.3 Å². The van der Waals surface area contributed by atoms with Gasteiger partial charge in [-0.2, -0.15) is 5.26 Å². The van der Waals surface area contributed by atoms with Crippen molar-refractivity contribution in [2.45, 2.75) is 0 Å². The lowest BCUT2D eigenvalue weighted by atomic mass is 10.2. The number of fused-ring (bicyclic) bond motifs is 1. The maximum atomic E-state index is 8.76. The first-order chi connectivity index (χ1) is 5.81. The van der Waals surface area contributed by atoms with Gasteiger partial charge in [-0.05, 0) is 28.1 Å². The molecule has 0 bridgehead atoms. The molecule has 0 fully saturated rings. The van der Waals surface area contributed by atoms with Gasteiger partial charge >= 0.3 is 0 Å². The van der Waals surface area contributed by atoms with E-state index >= 15 is 0 Å². The Morgan fingerprint density at radius 2 is 2.33 bits per heavy atom. The highest BCUT2D eigenvalue weighted by Crippen LogP contribution is 2.28. The molecule has 0 saturated heterocycles. The van der Waals surface area contributed by atoms with Crippen molar-refractivity contribution in [2.24, 2.45) is 0 Å². The van der Waals surface area contributed by atoms with Gasteiger partial charge in [-0.3, -0.25) is 0 Å². The average Bonchev–Trinajstić information content (AvgIpc) is 2.44. The van der Waals surface area contributed by atoms with E-state index in [4.69, 9.17) is 5.26 Å². The smallest absolute Gasteiger partial charge is 0.160 e. The van der Waals surface area contributed by atoms with Gasteiger partial charge in [0.25, 0.3) is 0 Å². The summed E-state index contributed by atoms with van der Waals surface area (Å²) in [4.78, 5) is 4.21. The van der Waals surface area contributed by atoms with Gasteiger partial charge in [0.05, 0.1) is 15.8 Å². The fourth-order valence-electron chi connectivity index (χ4n) is 1.01. The molecule has 0 saturated carbocycles. The van der Waals surface area contributed by atoms with Crippen LogP contribution in [0.15, 0.2) is 22.1 Å². The van der Waals surface area contributed by atoms with Gasteiger partial charge in [-0.15, -0.1) is 11.3 Å². The first-order valence-electron chi connectivity index (χ1n) is 3.26. The van der Waals surface area contributed by atoms with Gasteiger partial charge in [-0.1, -0.05) is 6.07 Å². The van der Waals surface area contributed by atoms with Gasteiger partial charge in [0.2, 0.25) is 0 Å². The standard InChI is InChI=1S/C8H3BrN2S/c9-8-11-6-3-1-2-5(4-10)7(6)12-8/h1-3H. The van der Waals surface area contributed by atoms with Crippen LogP contribution in [-0.4, -0.2) is 4.98 Å². The molecule has 58 valence electrons. The molecule has 1 heterocycles. The van der Waals surface area contributed by atoms with Crippen LogP contribution in [0.2, 0.25) is 0 Å². The minimum Gasteiger partial charge on any atom is -0.229 e. The summed E-state index contributed by atoms with van der Waals surface area (Å²) in [6.45, 7) is 0. The number of rotatable bonds is 0. The number of nitriles is 1. The topological polar surface area (TPSA) is 36.7 Å². The molecule has 2 aromatic rings. The minimum atomic E-state index is 0.690. The summed E-state index contributed by atoms with van der Waals surface area (Å²) in [6, 6.07) is 7.67. The molecule has 0 amide bonds. The van der Waals surface area contributed by atoms with E-state index < -0.39 is 0 Å². The van der Waals surface area contributed by atoms with Crippen molar-refractivity contribution in [1.82, 2.24) is 4.98 Å². The van der Waals surface area contributed by atoms with E-state index in [9.17, 15) is 0 Å². The van der Waals surface area contributed by atoms with E-state index in [0.717, 1.165) is 14.1 Å². The predicted octanol–water partition coefficient (Wildman–Crippen LogP) is 2.93. The van der Waals surface area contributed by atoms with Gasteiger partial charge in [0.1, 0.15) is 6.07 Å². The van der Waals surface area contributed by atoms with E-state index in [1.807, 2.05) is 12.1 Å². The Kier molecular flexibility index (Phi) is 1.83. The minimum absolute atomic E-state index is 0.690. The van der Waals surface area contributed by atoms with Crippen molar-refractivity contribution >= 4 is 37.5 Å². The highest BCUT2D eigenvalue weighted by atomic mass is 79.9. The number of hydrogen-bond acceptors (Lipinski definition) is 3. The number of aromatic nitrogens is 1. The van der Waals surface area contributed by atoms with Crippen molar-refractivity contribution in [3.8, 4) is 6.07 Å². The lowest BCUT2D eigenvalue weighted by Crippen LogP contribution is -1.72. The van der Waals surface area contributed by atoms with Crippen molar-refractivity contribution in [1.29, 1.82) is 5.26 Å². The van der Waals surface area contributed by atoms with Gasteiger partial charge < -0.3 is 0 Å². The number of hydrogen-bond donors (Lipinski definition) is 0. The Hall–Kier alpha value is -0.920. The molecule has 0 aliphatic carbocycles. The largest absolute Gasteiger partial charge is 0.229 e. The van der Waals surface area contributed by atoms with Crippen LogP contribution in [-0.2, 0) is 0 Å². The molecule has 2 nitrogen and oxygen atoms in total. The Labute approximate surface area is 81.6 Å². The number of benzene rings is 1. The lowest BCUT2D eigenvalue weighted by Gasteiger charge is -1.87. The first-order valence-corrected chi connectivity index (χ1v) is 4.87. The first kappa shape index (κ1) is 7.71. The van der Waals surface area contributed by atoms with Gasteiger partial charge in [-0.25, -0.2) is 4.98 Å². The number of nitrogens with zero attached hydrogens (tertiary/aromatic N) is 2. The summed E-state index contributed by atoms with van der Waals surface area (Å²) in [7, 11) is 0. The third-order valence-corrected chi connectivity index (χ3v) is 3.07. The van der Waals surface area contributed by atoms with E-state index in [2.05, 4.69) is 27.0 Å². The lowest BCUT2D eigenvalue weighted by molar-refractivity contribution is 1.44. The predicted molar refractivity (Wildman–Crippen MR) is 52.0 cm³/mol. The summed E-state index contributed by atoms with van der Waals surface area (Å²) < 4.78 is 1.77. The van der Waals surface area contributed by atoms with Crippen molar-refractivity contribution < 1.29 is 0 Å². The van der Waals surface area contributed by atoms with E-state index in [1.165, 1.54) is 11.3 Å². The second kappa shape index (κ2) is 2.85. The zero-order valence-electron chi connectivity index (χ0n) is 5.91. The van der Waals surface area contributed by atoms with Crippen LogP contribution in [0.5, 0.6) is 0 Å². The molecule has 12 heavy (non-hydrogen) atoms. The summed E-state index contributed by atoms with van der Waals surface area (Å²) in [6.07, 6.45) is 0. The molecule has 0 unspecified atom stereocenters. The molecule has 0 aliphatic rings. The quantitative estimate of drug-likeness (QED) is 0.708. The van der Waals surface area contributed by atoms with Crippen molar-refractivity contribution in [3.05, 3.63) is 27.7 Å². The van der Waals surface area contributed by atoms with E-state index in [0.29, 0.717) is 5.56 Å². The van der Waals surface area contributed by atoms with Crippen LogP contribution in [0.4, 0.5) is 0 Å². The Morgan fingerprint density at radius 1 is 1.50 bits per heavy atom. The van der Waals surface area contributed by atoms with Crippen molar-refractivity contribution in [3.63, 3.8) is 0 Å². The van der Waals surface area contributed by atoms with Crippen LogP contribution < -0.4 is 0 Å². The maximum Gasteiger partial charge on any atom is 0.160 e. The second-order valence-corrected chi connectivity index (χ2v) is 4.51. The normalized spacial score (nSPS) is 10.0. The Balaban J connectivity index is 2.89. The molecule has 1 aromatic carbocycles. The summed E-state index contributed by atoms with van der Waals surface area (Å²) >= 11 is 4.77. The number of halogens is 1. The molecule has 0 atom stereocenters.